The molecule has 1 unspecified atom stereocenters. The second kappa shape index (κ2) is 8.35. The predicted molar refractivity (Wildman–Crippen MR) is 48.9 cm³/mol. The highest BCUT2D eigenvalue weighted by Gasteiger charge is 2.06. The molecule has 0 rings (SSSR count). The van der Waals surface area contributed by atoms with Gasteiger partial charge in [0.1, 0.15) is 6.04 Å². The number of nitrogens with two attached hydrogens (primary N) is 2. The largest absolute Gasteiger partial charge is 0.480 e. The molecular formula is C6H14N2O3S. The smallest absolute Gasteiger partial charge is 0.321 e. The molecule has 0 aromatic carbocycles. The number of carboxylic acids is 1. The van der Waals surface area contributed by atoms with Gasteiger partial charge in [-0.3, -0.25) is 9.59 Å². The summed E-state index contributed by atoms with van der Waals surface area (Å²) in [5, 5.41) is 8.01. The summed E-state index contributed by atoms with van der Waals surface area (Å²) in [5.41, 5.74) is 9.59. The summed E-state index contributed by atoms with van der Waals surface area (Å²) in [4.78, 5) is 19.3. The highest BCUT2D eigenvalue weighted by molar-refractivity contribution is 7.80. The first-order valence-corrected chi connectivity index (χ1v) is 3.96. The Morgan fingerprint density at radius 3 is 1.92 bits per heavy atom. The molecule has 0 aliphatic heterocycles. The molecule has 0 saturated heterocycles. The Kier molecular flexibility index (Phi) is 9.61. The third-order valence-corrected chi connectivity index (χ3v) is 1.26. The van der Waals surface area contributed by atoms with E-state index in [9.17, 15) is 9.59 Å². The van der Waals surface area contributed by atoms with Gasteiger partial charge < -0.3 is 16.6 Å². The average Bonchev–Trinajstić information content (AvgIpc) is 2.04. The molecule has 72 valence electrons. The van der Waals surface area contributed by atoms with Crippen LogP contribution in [0.2, 0.25) is 0 Å². The van der Waals surface area contributed by atoms with Crippen LogP contribution in [0.15, 0.2) is 0 Å². The van der Waals surface area contributed by atoms with Gasteiger partial charge in [0.2, 0.25) is 5.91 Å². The van der Waals surface area contributed by atoms with Crippen molar-refractivity contribution in [3.05, 3.63) is 0 Å². The zero-order valence-corrected chi connectivity index (χ0v) is 7.75. The third-order valence-electron chi connectivity index (χ3n) is 0.862. The lowest BCUT2D eigenvalue weighted by atomic mass is 10.4. The minimum atomic E-state index is -1.00. The number of thiol groups is 1. The van der Waals surface area contributed by atoms with Crippen LogP contribution >= 0.6 is 12.6 Å². The fourth-order valence-corrected chi connectivity index (χ4v) is 0.234. The van der Waals surface area contributed by atoms with E-state index in [0.29, 0.717) is 6.42 Å². The van der Waals surface area contributed by atoms with Gasteiger partial charge in [0.15, 0.2) is 0 Å². The van der Waals surface area contributed by atoms with Crippen LogP contribution < -0.4 is 11.5 Å². The number of primary amides is 1. The number of amides is 1. The van der Waals surface area contributed by atoms with Crippen molar-refractivity contribution >= 4 is 24.5 Å². The summed E-state index contributed by atoms with van der Waals surface area (Å²) in [7, 11) is 0. The van der Waals surface area contributed by atoms with Crippen LogP contribution in [0, 0.1) is 0 Å². The van der Waals surface area contributed by atoms with E-state index in [1.807, 2.05) is 0 Å². The van der Waals surface area contributed by atoms with Crippen molar-refractivity contribution in [1.82, 2.24) is 0 Å². The van der Waals surface area contributed by atoms with Gasteiger partial charge >= 0.3 is 5.97 Å². The molecule has 0 heterocycles. The van der Waals surface area contributed by atoms with E-state index in [2.05, 4.69) is 18.4 Å². The van der Waals surface area contributed by atoms with Gasteiger partial charge in [-0.1, -0.05) is 6.92 Å². The highest BCUT2D eigenvalue weighted by Crippen LogP contribution is 1.80. The quantitative estimate of drug-likeness (QED) is 0.442. The molecule has 0 bridgehead atoms. The van der Waals surface area contributed by atoms with E-state index in [0.717, 1.165) is 0 Å². The monoisotopic (exact) mass is 194 g/mol. The maximum atomic E-state index is 9.76. The van der Waals surface area contributed by atoms with Gasteiger partial charge in [0.25, 0.3) is 0 Å². The van der Waals surface area contributed by atoms with Crippen LogP contribution in [0.4, 0.5) is 0 Å². The summed E-state index contributed by atoms with van der Waals surface area (Å²) < 4.78 is 0. The molecular weight excluding hydrogens is 180 g/mol. The molecule has 12 heavy (non-hydrogen) atoms. The van der Waals surface area contributed by atoms with Crippen molar-refractivity contribution in [2.75, 3.05) is 5.75 Å². The van der Waals surface area contributed by atoms with Gasteiger partial charge in [-0.15, -0.1) is 0 Å². The van der Waals surface area contributed by atoms with Crippen LogP contribution in [0.3, 0.4) is 0 Å². The molecule has 1 atom stereocenters. The van der Waals surface area contributed by atoms with Crippen molar-refractivity contribution in [2.24, 2.45) is 11.5 Å². The Bertz CT molecular complexity index is 152. The van der Waals surface area contributed by atoms with E-state index < -0.39 is 12.0 Å². The lowest BCUT2D eigenvalue weighted by Gasteiger charge is -1.96. The predicted octanol–water partition coefficient (Wildman–Crippen LogP) is -0.790. The molecule has 0 aliphatic rings. The lowest BCUT2D eigenvalue weighted by Crippen LogP contribution is -2.31. The summed E-state index contributed by atoms with van der Waals surface area (Å²) in [6.45, 7) is 1.72. The minimum absolute atomic E-state index is 0.190. The van der Waals surface area contributed by atoms with Crippen molar-refractivity contribution in [1.29, 1.82) is 0 Å². The molecule has 0 radical (unpaired) electrons. The SMILES string of the molecule is CCC(N)=O.NC(CS)C(=O)O. The molecule has 1 amide bonds. The van der Waals surface area contributed by atoms with Crippen molar-refractivity contribution in [2.45, 2.75) is 19.4 Å². The fraction of sp³-hybridized carbons (Fsp3) is 0.667. The third kappa shape index (κ3) is 12.0. The van der Waals surface area contributed by atoms with Crippen LogP contribution in [-0.4, -0.2) is 28.8 Å². The molecule has 0 fully saturated rings. The Morgan fingerprint density at radius 2 is 1.92 bits per heavy atom. The van der Waals surface area contributed by atoms with Gasteiger partial charge in [0, 0.05) is 12.2 Å². The summed E-state index contributed by atoms with van der Waals surface area (Å²) >= 11 is 3.65. The van der Waals surface area contributed by atoms with Crippen LogP contribution in [0.25, 0.3) is 0 Å². The van der Waals surface area contributed by atoms with Crippen LogP contribution in [0.5, 0.6) is 0 Å². The first-order valence-electron chi connectivity index (χ1n) is 3.33. The highest BCUT2D eigenvalue weighted by atomic mass is 32.1. The minimum Gasteiger partial charge on any atom is -0.480 e. The Hall–Kier alpha value is -0.750. The standard InChI is InChI=1S/C3H7NO2S.C3H7NO/c4-2(1-7)3(5)6;1-2-3(4)5/h2,7H,1,4H2,(H,5,6);2H2,1H3,(H2,4,5). The van der Waals surface area contributed by atoms with E-state index in [1.54, 1.807) is 6.92 Å². The molecule has 0 aromatic heterocycles. The Balaban J connectivity index is 0. The molecule has 5 N–H and O–H groups in total. The Morgan fingerprint density at radius 1 is 1.58 bits per heavy atom. The van der Waals surface area contributed by atoms with Crippen molar-refractivity contribution in [3.8, 4) is 0 Å². The zero-order chi connectivity index (χ0) is 10.1. The van der Waals surface area contributed by atoms with Crippen LogP contribution in [0.1, 0.15) is 13.3 Å². The number of carbonyl (C=O) groups excluding carboxylic acids is 1. The van der Waals surface area contributed by atoms with Crippen molar-refractivity contribution < 1.29 is 14.7 Å². The number of hydrogen-bond acceptors (Lipinski definition) is 4. The molecule has 0 aromatic rings. The molecule has 0 saturated carbocycles. The topological polar surface area (TPSA) is 106 Å². The number of carboxylic acid groups (broad SMARTS) is 1. The second-order valence-electron chi connectivity index (χ2n) is 1.95. The molecule has 0 aliphatic carbocycles. The summed E-state index contributed by atoms with van der Waals surface area (Å²) in [6, 6.07) is -0.816. The number of aliphatic carboxylic acids is 1. The summed E-state index contributed by atoms with van der Waals surface area (Å²) in [6.07, 6.45) is 0.444. The summed E-state index contributed by atoms with van der Waals surface area (Å²) in [5.74, 6) is -1.06. The number of carbonyl (C=O) groups is 2. The first-order chi connectivity index (χ1) is 5.45. The van der Waals surface area contributed by atoms with Gasteiger partial charge in [-0.2, -0.15) is 12.6 Å². The van der Waals surface area contributed by atoms with Gasteiger partial charge in [0.05, 0.1) is 0 Å². The number of rotatable bonds is 3. The van der Waals surface area contributed by atoms with Crippen molar-refractivity contribution in [3.63, 3.8) is 0 Å². The van der Waals surface area contributed by atoms with Gasteiger partial charge in [-0.05, 0) is 0 Å². The normalized spacial score (nSPS) is 10.9. The number of hydrogen-bond donors (Lipinski definition) is 4. The maximum absolute atomic E-state index is 9.76. The first kappa shape index (κ1) is 13.8. The molecule has 0 spiro atoms. The van der Waals surface area contributed by atoms with E-state index >= 15 is 0 Å². The average molecular weight is 194 g/mol. The molecule has 6 heteroatoms. The zero-order valence-electron chi connectivity index (χ0n) is 6.86. The fourth-order valence-electron chi connectivity index (χ4n) is 0.0781. The van der Waals surface area contributed by atoms with E-state index in [4.69, 9.17) is 10.8 Å². The Labute approximate surface area is 76.5 Å². The van der Waals surface area contributed by atoms with E-state index in [-0.39, 0.29) is 11.7 Å². The lowest BCUT2D eigenvalue weighted by molar-refractivity contribution is -0.137. The van der Waals surface area contributed by atoms with Gasteiger partial charge in [-0.25, -0.2) is 0 Å². The second-order valence-corrected chi connectivity index (χ2v) is 2.31. The molecule has 5 nitrogen and oxygen atoms in total. The van der Waals surface area contributed by atoms with E-state index in [1.165, 1.54) is 0 Å². The maximum Gasteiger partial charge on any atom is 0.321 e. The van der Waals surface area contributed by atoms with Crippen LogP contribution in [-0.2, 0) is 9.59 Å².